The molecule has 1 aliphatic rings. The maximum absolute atomic E-state index is 11.2. The normalized spacial score (nSPS) is 19.8. The first-order chi connectivity index (χ1) is 8.61. The molecule has 2 rings (SSSR count). The van der Waals surface area contributed by atoms with Gasteiger partial charge < -0.3 is 21.1 Å². The Morgan fingerprint density at radius 3 is 3.00 bits per heavy atom. The molecule has 0 saturated carbocycles. The highest BCUT2D eigenvalue weighted by Gasteiger charge is 2.21. The third-order valence-electron chi connectivity index (χ3n) is 3.25. The number of rotatable bonds is 3. The molecule has 98 valence electrons. The van der Waals surface area contributed by atoms with Gasteiger partial charge in [0, 0.05) is 18.7 Å². The molecule has 0 bridgehead atoms. The number of hydrogen-bond acceptors (Lipinski definition) is 4. The molecular weight excluding hydrogens is 230 g/mol. The lowest BCUT2D eigenvalue weighted by Gasteiger charge is -2.35. The van der Waals surface area contributed by atoms with Crippen LogP contribution in [0.4, 0.5) is 11.4 Å². The Bertz CT molecular complexity index is 448. The van der Waals surface area contributed by atoms with Gasteiger partial charge in [-0.1, -0.05) is 6.92 Å². The predicted molar refractivity (Wildman–Crippen MR) is 71.6 cm³/mol. The van der Waals surface area contributed by atoms with Crippen LogP contribution in [0.3, 0.4) is 0 Å². The zero-order valence-corrected chi connectivity index (χ0v) is 10.6. The summed E-state index contributed by atoms with van der Waals surface area (Å²) < 4.78 is 5.62. The molecule has 1 saturated heterocycles. The standard InChI is InChI=1S/C13H19N3O2/c1-2-10-8-16(5-6-18-10)12-7-9(13(15)17)3-4-11(12)14/h3-4,7,10H,2,5-6,8,14H2,1H3,(H2,15,17). The van der Waals surface area contributed by atoms with Crippen molar-refractivity contribution in [3.63, 3.8) is 0 Å². The number of amides is 1. The van der Waals surface area contributed by atoms with Gasteiger partial charge in [-0.25, -0.2) is 0 Å². The van der Waals surface area contributed by atoms with Crippen LogP contribution in [0.2, 0.25) is 0 Å². The summed E-state index contributed by atoms with van der Waals surface area (Å²) >= 11 is 0. The van der Waals surface area contributed by atoms with Gasteiger partial charge in [0.15, 0.2) is 0 Å². The molecule has 18 heavy (non-hydrogen) atoms. The molecular formula is C13H19N3O2. The van der Waals surface area contributed by atoms with Crippen LogP contribution < -0.4 is 16.4 Å². The van der Waals surface area contributed by atoms with E-state index in [1.165, 1.54) is 0 Å². The lowest BCUT2D eigenvalue weighted by atomic mass is 10.1. The number of anilines is 2. The van der Waals surface area contributed by atoms with Crippen LogP contribution >= 0.6 is 0 Å². The van der Waals surface area contributed by atoms with Crippen LogP contribution in [0, 0.1) is 0 Å². The van der Waals surface area contributed by atoms with Gasteiger partial charge in [-0.2, -0.15) is 0 Å². The molecule has 1 unspecified atom stereocenters. The van der Waals surface area contributed by atoms with E-state index in [1.54, 1.807) is 18.2 Å². The fourth-order valence-corrected chi connectivity index (χ4v) is 2.16. The number of morpholine rings is 1. The summed E-state index contributed by atoms with van der Waals surface area (Å²) in [5.41, 5.74) is 13.3. The zero-order valence-electron chi connectivity index (χ0n) is 10.6. The number of carbonyl (C=O) groups excluding carboxylic acids is 1. The number of nitrogens with two attached hydrogens (primary N) is 2. The molecule has 1 atom stereocenters. The van der Waals surface area contributed by atoms with Gasteiger partial charge >= 0.3 is 0 Å². The topological polar surface area (TPSA) is 81.6 Å². The second-order valence-corrected chi connectivity index (χ2v) is 4.48. The van der Waals surface area contributed by atoms with E-state index in [4.69, 9.17) is 16.2 Å². The molecule has 1 amide bonds. The summed E-state index contributed by atoms with van der Waals surface area (Å²) in [6, 6.07) is 5.14. The minimum Gasteiger partial charge on any atom is -0.397 e. The maximum atomic E-state index is 11.2. The molecule has 1 heterocycles. The molecule has 5 heteroatoms. The van der Waals surface area contributed by atoms with Crippen LogP contribution in [0.5, 0.6) is 0 Å². The summed E-state index contributed by atoms with van der Waals surface area (Å²) in [5.74, 6) is -0.434. The molecule has 1 aromatic rings. The SMILES string of the molecule is CCC1CN(c2cc(C(N)=O)ccc2N)CCO1. The predicted octanol–water partition coefficient (Wildman–Crippen LogP) is 0.983. The number of hydrogen-bond donors (Lipinski definition) is 2. The molecule has 0 spiro atoms. The highest BCUT2D eigenvalue weighted by molar-refractivity contribution is 5.95. The average molecular weight is 249 g/mol. The Kier molecular flexibility index (Phi) is 3.72. The van der Waals surface area contributed by atoms with Crippen LogP contribution in [-0.4, -0.2) is 31.7 Å². The van der Waals surface area contributed by atoms with E-state index in [1.807, 2.05) is 0 Å². The Balaban J connectivity index is 2.26. The van der Waals surface area contributed by atoms with Crippen molar-refractivity contribution in [2.24, 2.45) is 5.73 Å². The lowest BCUT2D eigenvalue weighted by Crippen LogP contribution is -2.42. The minimum atomic E-state index is -0.434. The maximum Gasteiger partial charge on any atom is 0.248 e. The molecule has 0 aliphatic carbocycles. The van der Waals surface area contributed by atoms with Crippen molar-refractivity contribution in [2.45, 2.75) is 19.4 Å². The molecule has 0 aromatic heterocycles. The molecule has 1 aliphatic heterocycles. The summed E-state index contributed by atoms with van der Waals surface area (Å²) in [4.78, 5) is 13.4. The summed E-state index contributed by atoms with van der Waals surface area (Å²) in [5, 5.41) is 0. The number of nitrogens with zero attached hydrogens (tertiary/aromatic N) is 1. The van der Waals surface area contributed by atoms with E-state index in [2.05, 4.69) is 11.8 Å². The molecule has 4 N–H and O–H groups in total. The Morgan fingerprint density at radius 2 is 2.33 bits per heavy atom. The monoisotopic (exact) mass is 249 g/mol. The lowest BCUT2D eigenvalue weighted by molar-refractivity contribution is 0.0385. The third kappa shape index (κ3) is 2.56. The quantitative estimate of drug-likeness (QED) is 0.782. The van der Waals surface area contributed by atoms with Gasteiger partial charge in [0.05, 0.1) is 24.1 Å². The second kappa shape index (κ2) is 5.27. The Labute approximate surface area is 107 Å². The highest BCUT2D eigenvalue weighted by atomic mass is 16.5. The van der Waals surface area contributed by atoms with E-state index < -0.39 is 5.91 Å². The molecule has 1 aromatic carbocycles. The smallest absolute Gasteiger partial charge is 0.248 e. The van der Waals surface area contributed by atoms with Gasteiger partial charge in [-0.15, -0.1) is 0 Å². The Hall–Kier alpha value is -1.75. The first-order valence-corrected chi connectivity index (χ1v) is 6.17. The van der Waals surface area contributed by atoms with Gasteiger partial charge in [-0.05, 0) is 24.6 Å². The average Bonchev–Trinajstić information content (AvgIpc) is 2.39. The fourth-order valence-electron chi connectivity index (χ4n) is 2.16. The van der Waals surface area contributed by atoms with Crippen molar-refractivity contribution in [2.75, 3.05) is 30.3 Å². The summed E-state index contributed by atoms with van der Waals surface area (Å²) in [6.07, 6.45) is 1.18. The molecule has 0 radical (unpaired) electrons. The van der Waals surface area contributed by atoms with Crippen molar-refractivity contribution in [3.8, 4) is 0 Å². The van der Waals surface area contributed by atoms with Crippen LogP contribution in [0.1, 0.15) is 23.7 Å². The van der Waals surface area contributed by atoms with E-state index >= 15 is 0 Å². The van der Waals surface area contributed by atoms with Crippen molar-refractivity contribution in [1.29, 1.82) is 0 Å². The second-order valence-electron chi connectivity index (χ2n) is 4.48. The third-order valence-corrected chi connectivity index (χ3v) is 3.25. The summed E-state index contributed by atoms with van der Waals surface area (Å²) in [6.45, 7) is 4.35. The minimum absolute atomic E-state index is 0.218. The van der Waals surface area contributed by atoms with Crippen LogP contribution in [-0.2, 0) is 4.74 Å². The largest absolute Gasteiger partial charge is 0.397 e. The first-order valence-electron chi connectivity index (χ1n) is 6.17. The van der Waals surface area contributed by atoms with Gasteiger partial charge in [-0.3, -0.25) is 4.79 Å². The van der Waals surface area contributed by atoms with E-state index in [-0.39, 0.29) is 6.10 Å². The first kappa shape index (κ1) is 12.7. The molecule has 5 nitrogen and oxygen atoms in total. The number of primary amides is 1. The van der Waals surface area contributed by atoms with Crippen LogP contribution in [0.15, 0.2) is 18.2 Å². The van der Waals surface area contributed by atoms with Crippen molar-refractivity contribution in [3.05, 3.63) is 23.8 Å². The number of carbonyl (C=O) groups is 1. The Morgan fingerprint density at radius 1 is 1.56 bits per heavy atom. The summed E-state index contributed by atoms with van der Waals surface area (Å²) in [7, 11) is 0. The van der Waals surface area contributed by atoms with Crippen molar-refractivity contribution >= 4 is 17.3 Å². The molecule has 1 fully saturated rings. The van der Waals surface area contributed by atoms with Gasteiger partial charge in [0.25, 0.3) is 0 Å². The van der Waals surface area contributed by atoms with E-state index in [9.17, 15) is 4.79 Å². The number of ether oxygens (including phenoxy) is 1. The van der Waals surface area contributed by atoms with Crippen molar-refractivity contribution in [1.82, 2.24) is 0 Å². The number of benzene rings is 1. The van der Waals surface area contributed by atoms with E-state index in [0.29, 0.717) is 17.9 Å². The number of nitrogen functional groups attached to an aromatic ring is 1. The van der Waals surface area contributed by atoms with Crippen molar-refractivity contribution < 1.29 is 9.53 Å². The fraction of sp³-hybridized carbons (Fsp3) is 0.462. The van der Waals surface area contributed by atoms with Gasteiger partial charge in [0.2, 0.25) is 5.91 Å². The highest BCUT2D eigenvalue weighted by Crippen LogP contribution is 2.26. The van der Waals surface area contributed by atoms with Gasteiger partial charge in [0.1, 0.15) is 0 Å². The van der Waals surface area contributed by atoms with Crippen LogP contribution in [0.25, 0.3) is 0 Å². The zero-order chi connectivity index (χ0) is 13.1. The van der Waals surface area contributed by atoms with E-state index in [0.717, 1.165) is 25.2 Å².